The lowest BCUT2D eigenvalue weighted by atomic mass is 10.2. The lowest BCUT2D eigenvalue weighted by Crippen LogP contribution is -2.26. The Hall–Kier alpha value is -0.980. The minimum Gasteiger partial charge on any atom is -0.308 e. The second-order valence-electron chi connectivity index (χ2n) is 3.66. The number of hydrogen-bond acceptors (Lipinski definition) is 2. The van der Waals surface area contributed by atoms with Crippen molar-refractivity contribution in [1.82, 2.24) is 15.1 Å². The molecule has 0 aromatic carbocycles. The van der Waals surface area contributed by atoms with Gasteiger partial charge in [-0.1, -0.05) is 11.6 Å². The Morgan fingerprint density at radius 3 is 2.80 bits per heavy atom. The maximum Gasteiger partial charge on any atom is 0.0860 e. The van der Waals surface area contributed by atoms with Crippen molar-refractivity contribution in [2.45, 2.75) is 32.9 Å². The Labute approximate surface area is 95.8 Å². The predicted molar refractivity (Wildman–Crippen MR) is 62.7 cm³/mol. The molecular weight excluding hydrogens is 210 g/mol. The first-order valence-corrected chi connectivity index (χ1v) is 5.28. The topological polar surface area (TPSA) is 29.9 Å². The van der Waals surface area contributed by atoms with Gasteiger partial charge in [-0.15, -0.1) is 12.3 Å². The molecule has 1 aromatic rings. The zero-order valence-corrected chi connectivity index (χ0v) is 10.1. The van der Waals surface area contributed by atoms with Crippen molar-refractivity contribution >= 4 is 11.6 Å². The van der Waals surface area contributed by atoms with Crippen molar-refractivity contribution in [3.8, 4) is 12.3 Å². The van der Waals surface area contributed by atoms with E-state index in [2.05, 4.69) is 23.3 Å². The molecule has 1 unspecified atom stereocenters. The van der Waals surface area contributed by atoms with Gasteiger partial charge in [0.2, 0.25) is 0 Å². The molecule has 4 heteroatoms. The maximum absolute atomic E-state index is 6.11. The van der Waals surface area contributed by atoms with Crippen LogP contribution in [0.1, 0.15) is 24.7 Å². The van der Waals surface area contributed by atoms with Gasteiger partial charge in [-0.05, 0) is 13.8 Å². The number of halogens is 1. The molecule has 82 valence electrons. The van der Waals surface area contributed by atoms with Gasteiger partial charge in [-0.25, -0.2) is 0 Å². The van der Waals surface area contributed by atoms with Gasteiger partial charge in [0.25, 0.3) is 0 Å². The van der Waals surface area contributed by atoms with Crippen LogP contribution < -0.4 is 5.32 Å². The van der Waals surface area contributed by atoms with E-state index in [0.29, 0.717) is 19.0 Å². The van der Waals surface area contributed by atoms with Crippen LogP contribution in [-0.2, 0) is 13.6 Å². The summed E-state index contributed by atoms with van der Waals surface area (Å²) in [6.07, 6.45) is 5.95. The number of rotatable bonds is 4. The molecule has 15 heavy (non-hydrogen) atoms. The molecule has 3 nitrogen and oxygen atoms in total. The molecule has 0 saturated carbocycles. The Kier molecular flexibility index (Phi) is 4.19. The highest BCUT2D eigenvalue weighted by Crippen LogP contribution is 2.19. The van der Waals surface area contributed by atoms with Crippen molar-refractivity contribution < 1.29 is 0 Å². The highest BCUT2D eigenvalue weighted by molar-refractivity contribution is 6.31. The first-order chi connectivity index (χ1) is 7.06. The Morgan fingerprint density at radius 2 is 2.33 bits per heavy atom. The molecule has 1 atom stereocenters. The van der Waals surface area contributed by atoms with Crippen molar-refractivity contribution in [3.05, 3.63) is 16.4 Å². The maximum atomic E-state index is 6.11. The summed E-state index contributed by atoms with van der Waals surface area (Å²) < 4.78 is 1.80. The van der Waals surface area contributed by atoms with E-state index < -0.39 is 0 Å². The molecule has 0 aliphatic heterocycles. The van der Waals surface area contributed by atoms with E-state index in [1.807, 2.05) is 14.0 Å². The number of aromatic nitrogens is 2. The average molecular weight is 226 g/mol. The molecule has 1 rings (SSSR count). The van der Waals surface area contributed by atoms with Gasteiger partial charge in [0.1, 0.15) is 0 Å². The highest BCUT2D eigenvalue weighted by Gasteiger charge is 2.11. The average Bonchev–Trinajstić information content (AvgIpc) is 2.40. The van der Waals surface area contributed by atoms with Crippen LogP contribution >= 0.6 is 11.6 Å². The number of nitrogens with zero attached hydrogens (tertiary/aromatic N) is 2. The normalized spacial score (nSPS) is 12.5. The van der Waals surface area contributed by atoms with Gasteiger partial charge in [0, 0.05) is 26.1 Å². The molecule has 1 N–H and O–H groups in total. The lowest BCUT2D eigenvalue weighted by molar-refractivity contribution is 0.537. The van der Waals surface area contributed by atoms with Crippen molar-refractivity contribution in [2.75, 3.05) is 0 Å². The van der Waals surface area contributed by atoms with Crippen molar-refractivity contribution in [3.63, 3.8) is 0 Å². The monoisotopic (exact) mass is 225 g/mol. The van der Waals surface area contributed by atoms with Gasteiger partial charge in [0.15, 0.2) is 0 Å². The SMILES string of the molecule is C#CCC(C)NCc1c(Cl)c(C)nn1C. The largest absolute Gasteiger partial charge is 0.308 e. The van der Waals surface area contributed by atoms with Crippen LogP contribution in [0, 0.1) is 19.3 Å². The first-order valence-electron chi connectivity index (χ1n) is 4.91. The van der Waals surface area contributed by atoms with Crippen LogP contribution in [0.4, 0.5) is 0 Å². The molecule has 0 fully saturated rings. The first kappa shape index (κ1) is 12.1. The van der Waals surface area contributed by atoms with E-state index in [4.69, 9.17) is 18.0 Å². The third kappa shape index (κ3) is 2.98. The number of aryl methyl sites for hydroxylation is 2. The van der Waals surface area contributed by atoms with E-state index in [0.717, 1.165) is 16.4 Å². The standard InChI is InChI=1S/C11H16ClN3/c1-5-6-8(2)13-7-10-11(12)9(3)14-15(10)4/h1,8,13H,6-7H2,2-4H3. The van der Waals surface area contributed by atoms with E-state index >= 15 is 0 Å². The van der Waals surface area contributed by atoms with E-state index in [-0.39, 0.29) is 0 Å². The summed E-state index contributed by atoms with van der Waals surface area (Å²) in [4.78, 5) is 0. The van der Waals surface area contributed by atoms with Crippen molar-refractivity contribution in [1.29, 1.82) is 0 Å². The quantitative estimate of drug-likeness (QED) is 0.794. The molecule has 0 spiro atoms. The van der Waals surface area contributed by atoms with Crippen LogP contribution in [0.25, 0.3) is 0 Å². The number of hydrogen-bond donors (Lipinski definition) is 1. The fourth-order valence-corrected chi connectivity index (χ4v) is 1.62. The zero-order valence-electron chi connectivity index (χ0n) is 9.34. The lowest BCUT2D eigenvalue weighted by Gasteiger charge is -2.10. The second kappa shape index (κ2) is 5.20. The third-order valence-corrected chi connectivity index (χ3v) is 2.80. The van der Waals surface area contributed by atoms with Gasteiger partial charge < -0.3 is 5.32 Å². The van der Waals surface area contributed by atoms with E-state index in [1.165, 1.54) is 0 Å². The summed E-state index contributed by atoms with van der Waals surface area (Å²) in [5.74, 6) is 2.62. The zero-order chi connectivity index (χ0) is 11.4. The third-order valence-electron chi connectivity index (χ3n) is 2.30. The predicted octanol–water partition coefficient (Wildman–Crippen LogP) is 1.88. The minimum atomic E-state index is 0.293. The molecule has 0 amide bonds. The summed E-state index contributed by atoms with van der Waals surface area (Å²) in [5.41, 5.74) is 1.86. The van der Waals surface area contributed by atoms with E-state index in [1.54, 1.807) is 4.68 Å². The smallest absolute Gasteiger partial charge is 0.0860 e. The summed E-state index contributed by atoms with van der Waals surface area (Å²) in [6, 6.07) is 0.293. The van der Waals surface area contributed by atoms with Crippen LogP contribution in [0.15, 0.2) is 0 Å². The molecule has 0 aliphatic rings. The Morgan fingerprint density at radius 1 is 1.67 bits per heavy atom. The fraction of sp³-hybridized carbons (Fsp3) is 0.545. The molecule has 0 saturated heterocycles. The second-order valence-corrected chi connectivity index (χ2v) is 4.04. The molecule has 1 heterocycles. The van der Waals surface area contributed by atoms with Crippen LogP contribution in [-0.4, -0.2) is 15.8 Å². The molecule has 1 aromatic heterocycles. The molecule has 0 aliphatic carbocycles. The van der Waals surface area contributed by atoms with Crippen LogP contribution in [0.2, 0.25) is 5.02 Å². The van der Waals surface area contributed by atoms with Gasteiger partial charge in [-0.3, -0.25) is 4.68 Å². The number of nitrogens with one attached hydrogen (secondary N) is 1. The Balaban J connectivity index is 2.62. The van der Waals surface area contributed by atoms with Gasteiger partial charge in [-0.2, -0.15) is 5.10 Å². The molecule has 0 radical (unpaired) electrons. The number of terminal acetylenes is 1. The van der Waals surface area contributed by atoms with Gasteiger partial charge >= 0.3 is 0 Å². The summed E-state index contributed by atoms with van der Waals surface area (Å²) >= 11 is 6.11. The van der Waals surface area contributed by atoms with Crippen LogP contribution in [0.3, 0.4) is 0 Å². The molecular formula is C11H16ClN3. The fourth-order valence-electron chi connectivity index (χ4n) is 1.39. The molecule has 0 bridgehead atoms. The van der Waals surface area contributed by atoms with Crippen LogP contribution in [0.5, 0.6) is 0 Å². The summed E-state index contributed by atoms with van der Waals surface area (Å²) in [7, 11) is 1.89. The van der Waals surface area contributed by atoms with Gasteiger partial charge in [0.05, 0.1) is 16.4 Å². The highest BCUT2D eigenvalue weighted by atomic mass is 35.5. The van der Waals surface area contributed by atoms with Crippen molar-refractivity contribution in [2.24, 2.45) is 7.05 Å². The Bertz CT molecular complexity index is 376. The summed E-state index contributed by atoms with van der Waals surface area (Å²) in [5, 5.41) is 8.28. The summed E-state index contributed by atoms with van der Waals surface area (Å²) in [6.45, 7) is 4.65. The van der Waals surface area contributed by atoms with E-state index in [9.17, 15) is 0 Å². The minimum absolute atomic E-state index is 0.293.